The van der Waals surface area contributed by atoms with Gasteiger partial charge in [-0.3, -0.25) is 0 Å². The molecule has 12 rings (SSSR count). The molecule has 0 atom stereocenters. The van der Waals surface area contributed by atoms with Crippen LogP contribution < -0.4 is 0 Å². The number of halogens is 3. The van der Waals surface area contributed by atoms with Crippen molar-refractivity contribution in [3.05, 3.63) is 237 Å². The third kappa shape index (κ3) is 8.68. The third-order valence-corrected chi connectivity index (χ3v) is 15.2. The summed E-state index contributed by atoms with van der Waals surface area (Å²) in [5.74, 6) is 0. The van der Waals surface area contributed by atoms with Gasteiger partial charge in [-0.2, -0.15) is 23.7 Å². The van der Waals surface area contributed by atoms with E-state index in [0.717, 1.165) is 128 Å². The van der Waals surface area contributed by atoms with E-state index in [1.54, 1.807) is 16.7 Å². The largest absolute Gasteiger partial charge is 0.418 e. The van der Waals surface area contributed by atoms with Gasteiger partial charge in [-0.15, -0.1) is 0 Å². The minimum Gasteiger partial charge on any atom is -0.309 e. The molecule has 0 aliphatic carbocycles. The van der Waals surface area contributed by atoms with E-state index in [1.807, 2.05) is 76.2 Å². The molecule has 0 bridgehead atoms. The number of fused-ring (bicyclic) bond motifs is 6. The van der Waals surface area contributed by atoms with Gasteiger partial charge in [0.25, 0.3) is 0 Å². The fourth-order valence-electron chi connectivity index (χ4n) is 12.2. The summed E-state index contributed by atoms with van der Waals surface area (Å²) in [6.07, 6.45) is -4.92. The van der Waals surface area contributed by atoms with Gasteiger partial charge in [-0.05, 0) is 148 Å². The number of benzene rings is 10. The van der Waals surface area contributed by atoms with Crippen LogP contribution in [-0.4, -0.2) is 9.13 Å². The number of nitrogens with zero attached hydrogens (tertiary/aromatic N) is 4. The number of hydrogen-bond acceptors (Lipinski definition) is 2. The summed E-state index contributed by atoms with van der Waals surface area (Å²) in [5, 5.41) is 25.5. The Kier molecular flexibility index (Phi) is 11.8. The molecular formula is C71H53F3N4. The van der Waals surface area contributed by atoms with E-state index >= 15 is 13.2 Å². The fraction of sp³-hybridized carbons (Fsp3) is 0.127. The van der Waals surface area contributed by atoms with E-state index in [1.165, 1.54) is 6.07 Å². The number of alkyl halides is 3. The molecule has 378 valence electrons. The molecule has 78 heavy (non-hydrogen) atoms. The molecule has 0 amide bonds. The highest BCUT2D eigenvalue weighted by molar-refractivity contribution is 6.13. The van der Waals surface area contributed by atoms with Crippen molar-refractivity contribution >= 4 is 43.6 Å². The molecule has 0 unspecified atom stereocenters. The maximum Gasteiger partial charge on any atom is 0.418 e. The Labute approximate surface area is 452 Å². The average Bonchev–Trinajstić information content (AvgIpc) is 4.13. The normalized spacial score (nSPS) is 11.8. The minimum atomic E-state index is -4.92. The number of aryl methyl sites for hydroxylation is 8. The van der Waals surface area contributed by atoms with E-state index in [2.05, 4.69) is 148 Å². The van der Waals surface area contributed by atoms with Gasteiger partial charge in [0.05, 0.1) is 56.6 Å². The highest BCUT2D eigenvalue weighted by Gasteiger charge is 2.37. The topological polar surface area (TPSA) is 57.4 Å². The van der Waals surface area contributed by atoms with E-state index in [-0.39, 0.29) is 27.9 Å². The Hall–Kier alpha value is -9.43. The second kappa shape index (κ2) is 18.7. The van der Waals surface area contributed by atoms with Crippen LogP contribution in [0, 0.1) is 78.1 Å². The van der Waals surface area contributed by atoms with Crippen LogP contribution in [0.15, 0.2) is 176 Å². The Morgan fingerprint density at radius 1 is 0.333 bits per heavy atom. The lowest BCUT2D eigenvalue weighted by molar-refractivity contribution is -0.137. The average molecular weight is 1020 g/mol. The Morgan fingerprint density at radius 3 is 1.00 bits per heavy atom. The van der Waals surface area contributed by atoms with Crippen molar-refractivity contribution in [3.8, 4) is 79.1 Å². The van der Waals surface area contributed by atoms with E-state index in [9.17, 15) is 10.5 Å². The summed E-state index contributed by atoms with van der Waals surface area (Å²) in [7, 11) is 0. The molecule has 0 aliphatic heterocycles. The summed E-state index contributed by atoms with van der Waals surface area (Å²) in [4.78, 5) is 0. The number of aromatic nitrogens is 2. The number of hydrogen-bond donors (Lipinski definition) is 0. The highest BCUT2D eigenvalue weighted by Crippen LogP contribution is 2.47. The highest BCUT2D eigenvalue weighted by atomic mass is 19.4. The third-order valence-electron chi connectivity index (χ3n) is 15.2. The molecule has 2 aromatic heterocycles. The monoisotopic (exact) mass is 1020 g/mol. The molecule has 0 aliphatic rings. The predicted octanol–water partition coefficient (Wildman–Crippen LogP) is 19.4. The molecule has 0 radical (unpaired) electrons. The van der Waals surface area contributed by atoms with Crippen molar-refractivity contribution in [1.29, 1.82) is 10.5 Å². The van der Waals surface area contributed by atoms with Gasteiger partial charge >= 0.3 is 6.18 Å². The zero-order valence-corrected chi connectivity index (χ0v) is 44.7. The Morgan fingerprint density at radius 2 is 0.679 bits per heavy atom. The van der Waals surface area contributed by atoms with Crippen LogP contribution in [0.3, 0.4) is 0 Å². The summed E-state index contributed by atoms with van der Waals surface area (Å²) < 4.78 is 52.6. The summed E-state index contributed by atoms with van der Waals surface area (Å²) in [6.45, 7) is 16.5. The molecule has 0 fully saturated rings. The van der Waals surface area contributed by atoms with E-state index < -0.39 is 11.7 Å². The molecule has 0 saturated heterocycles. The molecule has 12 aromatic rings. The molecular weight excluding hydrogens is 966 g/mol. The molecule has 7 heteroatoms. The van der Waals surface area contributed by atoms with Crippen molar-refractivity contribution in [2.45, 2.75) is 61.6 Å². The smallest absolute Gasteiger partial charge is 0.309 e. The lowest BCUT2D eigenvalue weighted by Gasteiger charge is -2.22. The number of rotatable bonds is 7. The SMILES string of the molecule is Cc1cc(C)cc(-c2ccc3c4ccc(-c5cc(C)cc(C)c5)cc4n(-c4ccc(-c5cc(C#N)cc(C(F)(F)F)c5-n5c6cc(-c7cc(C)cc(C)c7)ccc6c6ccc(-c7cc(C)cc(C)c7)cc65)c(C#N)c4)c3c2)c1. The van der Waals surface area contributed by atoms with Crippen LogP contribution in [0.4, 0.5) is 13.2 Å². The molecule has 2 heterocycles. The van der Waals surface area contributed by atoms with Gasteiger partial charge in [0.2, 0.25) is 0 Å². The molecule has 0 N–H and O–H groups in total. The maximum atomic E-state index is 16.3. The van der Waals surface area contributed by atoms with Crippen molar-refractivity contribution < 1.29 is 13.2 Å². The second-order valence-electron chi connectivity index (χ2n) is 21.5. The van der Waals surface area contributed by atoms with E-state index in [4.69, 9.17) is 0 Å². The maximum absolute atomic E-state index is 16.3. The Balaban J connectivity index is 1.15. The van der Waals surface area contributed by atoms with Crippen LogP contribution in [-0.2, 0) is 6.18 Å². The van der Waals surface area contributed by atoms with Crippen LogP contribution in [0.5, 0.6) is 0 Å². The molecule has 10 aromatic carbocycles. The zero-order valence-electron chi connectivity index (χ0n) is 44.7. The van der Waals surface area contributed by atoms with Crippen LogP contribution in [0.2, 0.25) is 0 Å². The standard InChI is InChI=1S/C71H53F3N4/c1-40-19-41(2)24-53(23-40)49-9-14-60-61-15-10-50(54-25-42(3)20-43(4)26-54)35-67(61)77(66(60)34-49)58-13-18-59(57(33-58)39-76)64-31-48(38-75)32-65(71(72,73)74)70(64)78-68-36-51(55-27-44(5)21-45(6)28-55)11-16-62(68)63-17-12-52(37-69(63)78)56-29-46(7)22-47(8)30-56/h9-37H,1-8H3. The quantitative estimate of drug-likeness (QED) is 0.160. The summed E-state index contributed by atoms with van der Waals surface area (Å²) >= 11 is 0. The zero-order chi connectivity index (χ0) is 54.5. The van der Waals surface area contributed by atoms with Gasteiger partial charge < -0.3 is 9.13 Å². The second-order valence-corrected chi connectivity index (χ2v) is 21.5. The molecule has 0 spiro atoms. The lowest BCUT2D eigenvalue weighted by atomic mass is 9.93. The van der Waals surface area contributed by atoms with Crippen LogP contribution >= 0.6 is 0 Å². The summed E-state index contributed by atoms with van der Waals surface area (Å²) in [5.41, 5.74) is 19.4. The number of nitriles is 2. The van der Waals surface area contributed by atoms with Gasteiger partial charge in [0.15, 0.2) is 0 Å². The first kappa shape index (κ1) is 49.4. The van der Waals surface area contributed by atoms with Gasteiger partial charge in [0, 0.05) is 38.4 Å². The van der Waals surface area contributed by atoms with Crippen molar-refractivity contribution in [1.82, 2.24) is 9.13 Å². The Bertz CT molecular complexity index is 4310. The van der Waals surface area contributed by atoms with Crippen LogP contribution in [0.25, 0.3) is 111 Å². The van der Waals surface area contributed by atoms with E-state index in [0.29, 0.717) is 16.7 Å². The van der Waals surface area contributed by atoms with Gasteiger partial charge in [-0.25, -0.2) is 0 Å². The fourth-order valence-corrected chi connectivity index (χ4v) is 12.2. The van der Waals surface area contributed by atoms with Crippen LogP contribution in [0.1, 0.15) is 61.2 Å². The van der Waals surface area contributed by atoms with Crippen molar-refractivity contribution in [3.63, 3.8) is 0 Å². The van der Waals surface area contributed by atoms with Gasteiger partial charge in [-0.1, -0.05) is 172 Å². The van der Waals surface area contributed by atoms with Crippen molar-refractivity contribution in [2.24, 2.45) is 0 Å². The van der Waals surface area contributed by atoms with Crippen molar-refractivity contribution in [2.75, 3.05) is 0 Å². The summed E-state index contributed by atoms with van der Waals surface area (Å²) in [6, 6.07) is 62.8. The molecule has 4 nitrogen and oxygen atoms in total. The minimum absolute atomic E-state index is 0.105. The first-order valence-electron chi connectivity index (χ1n) is 26.1. The first-order valence-corrected chi connectivity index (χ1v) is 26.1. The molecule has 0 saturated carbocycles. The van der Waals surface area contributed by atoms with Gasteiger partial charge in [0.1, 0.15) is 0 Å². The predicted molar refractivity (Wildman–Crippen MR) is 315 cm³/mol. The lowest BCUT2D eigenvalue weighted by Crippen LogP contribution is -2.13. The first-order chi connectivity index (χ1) is 37.4.